The normalized spacial score (nSPS) is 19.4. The van der Waals surface area contributed by atoms with Gasteiger partial charge in [0.1, 0.15) is 0 Å². The maximum Gasteiger partial charge on any atom is 0.335 e. The van der Waals surface area contributed by atoms with Gasteiger partial charge in [0, 0.05) is 56.3 Å². The molecule has 0 aromatic heterocycles. The van der Waals surface area contributed by atoms with Gasteiger partial charge in [-0.2, -0.15) is 0 Å². The lowest BCUT2D eigenvalue weighted by Gasteiger charge is -2.38. The van der Waals surface area contributed by atoms with E-state index in [4.69, 9.17) is 9.84 Å². The van der Waals surface area contributed by atoms with Crippen molar-refractivity contribution in [2.24, 2.45) is 0 Å². The minimum atomic E-state index is -0.878. The average Bonchev–Trinajstić information content (AvgIpc) is 2.90. The molecule has 0 spiro atoms. The summed E-state index contributed by atoms with van der Waals surface area (Å²) in [5.74, 6) is -0.878. The number of piperidine rings is 1. The zero-order valence-corrected chi connectivity index (χ0v) is 22.5. The molecule has 2 saturated heterocycles. The predicted octanol–water partition coefficient (Wildman–Crippen LogP) is 5.87. The Bertz CT molecular complexity index is 936. The first-order valence-corrected chi connectivity index (χ1v) is 13.0. The Morgan fingerprint density at radius 1 is 0.611 bits per heavy atom. The second-order valence-electron chi connectivity index (χ2n) is 9.93. The molecule has 0 atom stereocenters. The van der Waals surface area contributed by atoms with E-state index in [-0.39, 0.29) is 24.8 Å². The van der Waals surface area contributed by atoms with Crippen LogP contribution in [0.25, 0.3) is 0 Å². The first-order chi connectivity index (χ1) is 16.7. The third kappa shape index (κ3) is 6.99. The van der Waals surface area contributed by atoms with E-state index in [1.165, 1.54) is 43.5 Å². The predicted molar refractivity (Wildman–Crippen MR) is 152 cm³/mol. The lowest BCUT2D eigenvalue weighted by atomic mass is 9.97. The van der Waals surface area contributed by atoms with Crippen LogP contribution in [0.4, 0.5) is 17.1 Å². The first kappa shape index (κ1) is 28.4. The third-order valence-corrected chi connectivity index (χ3v) is 7.72. The number of carboxylic acids is 1. The Hall–Kier alpha value is -2.15. The topological polar surface area (TPSA) is 56.2 Å². The van der Waals surface area contributed by atoms with Crippen LogP contribution in [0.3, 0.4) is 0 Å². The lowest BCUT2D eigenvalue weighted by molar-refractivity contribution is -0.0395. The quantitative estimate of drug-likeness (QED) is 0.498. The van der Waals surface area contributed by atoms with Crippen molar-refractivity contribution in [2.45, 2.75) is 57.2 Å². The summed E-state index contributed by atoms with van der Waals surface area (Å²) in [6.45, 7) is 5.95. The van der Waals surface area contributed by atoms with Gasteiger partial charge in [-0.05, 0) is 74.2 Å². The molecule has 1 aliphatic carbocycles. The molecule has 1 N–H and O–H groups in total. The van der Waals surface area contributed by atoms with Crippen LogP contribution in [-0.2, 0) is 4.74 Å². The number of hydrogen-bond acceptors (Lipinski definition) is 5. The molecule has 3 aliphatic rings. The van der Waals surface area contributed by atoms with E-state index < -0.39 is 5.97 Å². The van der Waals surface area contributed by atoms with Crippen molar-refractivity contribution in [3.63, 3.8) is 0 Å². The molecule has 0 unspecified atom stereocenters. The second-order valence-corrected chi connectivity index (χ2v) is 9.93. The minimum Gasteiger partial charge on any atom is -0.478 e. The highest BCUT2D eigenvalue weighted by molar-refractivity contribution is 5.88. The molecule has 3 fully saturated rings. The summed E-state index contributed by atoms with van der Waals surface area (Å²) in [5.41, 5.74) is 4.02. The summed E-state index contributed by atoms with van der Waals surface area (Å²) in [6.07, 6.45) is 9.78. The summed E-state index contributed by atoms with van der Waals surface area (Å²) in [6, 6.07) is 16.3. The average molecular weight is 537 g/mol. The Morgan fingerprint density at radius 2 is 1.00 bits per heavy atom. The van der Waals surface area contributed by atoms with Crippen molar-refractivity contribution in [3.05, 3.63) is 54.1 Å². The zero-order valence-electron chi connectivity index (χ0n) is 20.9. The van der Waals surface area contributed by atoms with E-state index >= 15 is 0 Å². The highest BCUT2D eigenvalue weighted by atomic mass is 35.5. The molecular formula is C28H39Cl2N3O3. The lowest BCUT2D eigenvalue weighted by Crippen LogP contribution is -2.46. The van der Waals surface area contributed by atoms with Crippen LogP contribution in [0, 0.1) is 0 Å². The number of nitrogens with zero attached hydrogens (tertiary/aromatic N) is 3. The number of carbonyl (C=O) groups is 1. The Kier molecular flexibility index (Phi) is 10.6. The van der Waals surface area contributed by atoms with Crippen LogP contribution in [0.15, 0.2) is 48.5 Å². The van der Waals surface area contributed by atoms with Crippen molar-refractivity contribution in [3.8, 4) is 0 Å². The van der Waals surface area contributed by atoms with Gasteiger partial charge in [-0.15, -0.1) is 24.8 Å². The van der Waals surface area contributed by atoms with E-state index in [1.54, 1.807) is 12.1 Å². The van der Waals surface area contributed by atoms with Crippen LogP contribution in [0.1, 0.15) is 55.3 Å². The first-order valence-electron chi connectivity index (χ1n) is 13.0. The fourth-order valence-electron chi connectivity index (χ4n) is 5.64. The number of anilines is 3. The van der Waals surface area contributed by atoms with Crippen molar-refractivity contribution in [1.82, 2.24) is 0 Å². The van der Waals surface area contributed by atoms with Crippen molar-refractivity contribution in [2.75, 3.05) is 54.0 Å². The minimum absolute atomic E-state index is 0. The fraction of sp³-hybridized carbons (Fsp3) is 0.536. The van der Waals surface area contributed by atoms with Crippen molar-refractivity contribution < 1.29 is 14.6 Å². The molecule has 2 aromatic carbocycles. The monoisotopic (exact) mass is 535 g/mol. The maximum absolute atomic E-state index is 11.1. The summed E-state index contributed by atoms with van der Waals surface area (Å²) in [5, 5.41) is 9.09. The smallest absolute Gasteiger partial charge is 0.335 e. The van der Waals surface area contributed by atoms with E-state index in [9.17, 15) is 4.79 Å². The molecule has 2 heterocycles. The number of benzene rings is 2. The van der Waals surface area contributed by atoms with Crippen molar-refractivity contribution >= 4 is 47.8 Å². The third-order valence-electron chi connectivity index (χ3n) is 7.72. The Balaban J connectivity index is 0.00000180. The van der Waals surface area contributed by atoms with E-state index in [1.807, 2.05) is 12.1 Å². The maximum atomic E-state index is 11.1. The second kappa shape index (κ2) is 13.4. The molecule has 8 heteroatoms. The van der Waals surface area contributed by atoms with E-state index in [0.717, 1.165) is 57.8 Å². The number of ether oxygens (including phenoxy) is 1. The molecular weight excluding hydrogens is 497 g/mol. The molecule has 2 aromatic rings. The van der Waals surface area contributed by atoms with Gasteiger partial charge >= 0.3 is 5.97 Å². The van der Waals surface area contributed by atoms with Gasteiger partial charge < -0.3 is 24.5 Å². The number of carboxylic acid groups (broad SMARTS) is 1. The standard InChI is InChI=1S/C28H37N3O3.2ClH/c32-28(33)22-6-8-23(9-7-22)30-18-20-31(21-19-30)25-12-10-24(11-13-25)29-16-14-27(15-17-29)34-26-4-2-1-3-5-26;;/h6-13,26-27H,1-5,14-21H2,(H,32,33);2*1H. The van der Waals surface area contributed by atoms with Crippen LogP contribution in [0.5, 0.6) is 0 Å². The van der Waals surface area contributed by atoms with Gasteiger partial charge in [0.25, 0.3) is 0 Å². The SMILES string of the molecule is Cl.Cl.O=C(O)c1ccc(N2CCN(c3ccc(N4CCC(OC5CCCCC5)CC4)cc3)CC2)cc1. The Labute approximate surface area is 227 Å². The molecule has 6 nitrogen and oxygen atoms in total. The Morgan fingerprint density at radius 3 is 1.44 bits per heavy atom. The molecule has 2 aliphatic heterocycles. The largest absolute Gasteiger partial charge is 0.478 e. The summed E-state index contributed by atoms with van der Waals surface area (Å²) >= 11 is 0. The molecule has 198 valence electrons. The number of aromatic carboxylic acids is 1. The van der Waals surface area contributed by atoms with Gasteiger partial charge in [-0.1, -0.05) is 19.3 Å². The molecule has 0 amide bonds. The van der Waals surface area contributed by atoms with Crippen LogP contribution in [0.2, 0.25) is 0 Å². The fourth-order valence-corrected chi connectivity index (χ4v) is 5.64. The van der Waals surface area contributed by atoms with E-state index in [2.05, 4.69) is 39.0 Å². The highest BCUT2D eigenvalue weighted by Crippen LogP contribution is 2.28. The van der Waals surface area contributed by atoms with Crippen molar-refractivity contribution in [1.29, 1.82) is 0 Å². The van der Waals surface area contributed by atoms with Gasteiger partial charge in [0.2, 0.25) is 0 Å². The number of piperazine rings is 1. The zero-order chi connectivity index (χ0) is 23.3. The van der Waals surface area contributed by atoms with Crippen LogP contribution < -0.4 is 14.7 Å². The summed E-state index contributed by atoms with van der Waals surface area (Å²) < 4.78 is 6.41. The van der Waals surface area contributed by atoms with Gasteiger partial charge in [-0.3, -0.25) is 0 Å². The number of hydrogen-bond donors (Lipinski definition) is 1. The highest BCUT2D eigenvalue weighted by Gasteiger charge is 2.24. The van der Waals surface area contributed by atoms with Gasteiger partial charge in [0.15, 0.2) is 0 Å². The molecule has 36 heavy (non-hydrogen) atoms. The van der Waals surface area contributed by atoms with Gasteiger partial charge in [0.05, 0.1) is 17.8 Å². The molecule has 0 radical (unpaired) electrons. The van der Waals surface area contributed by atoms with Crippen LogP contribution >= 0.6 is 24.8 Å². The summed E-state index contributed by atoms with van der Waals surface area (Å²) in [4.78, 5) is 18.3. The van der Waals surface area contributed by atoms with Crippen LogP contribution in [-0.4, -0.2) is 62.6 Å². The van der Waals surface area contributed by atoms with Gasteiger partial charge in [-0.25, -0.2) is 4.79 Å². The van der Waals surface area contributed by atoms with E-state index in [0.29, 0.717) is 17.8 Å². The molecule has 0 bridgehead atoms. The molecule has 5 rings (SSSR count). The summed E-state index contributed by atoms with van der Waals surface area (Å²) in [7, 11) is 0. The number of halogens is 2. The molecule has 1 saturated carbocycles. The number of rotatable bonds is 6.